The fourth-order valence-electron chi connectivity index (χ4n) is 3.67. The first-order chi connectivity index (χ1) is 14.6. The maximum Gasteiger partial charge on any atom is 0.244 e. The maximum atomic E-state index is 14.8. The van der Waals surface area contributed by atoms with Gasteiger partial charge in [0.25, 0.3) is 0 Å². The average Bonchev–Trinajstić information content (AvgIpc) is 2.71. The number of ether oxygens (including phenoxy) is 1. The van der Waals surface area contributed by atoms with Gasteiger partial charge in [-0.25, -0.2) is 12.8 Å². The van der Waals surface area contributed by atoms with Crippen LogP contribution >= 0.6 is 0 Å². The number of nitrogens with zero attached hydrogens (tertiary/aromatic N) is 1. The predicted octanol–water partition coefficient (Wildman–Crippen LogP) is 4.43. The van der Waals surface area contributed by atoms with Crippen molar-refractivity contribution in [3.05, 3.63) is 53.8 Å². The summed E-state index contributed by atoms with van der Waals surface area (Å²) in [7, 11) is -3.73. The van der Waals surface area contributed by atoms with E-state index in [4.69, 9.17) is 4.74 Å². The van der Waals surface area contributed by atoms with Gasteiger partial charge in [-0.15, -0.1) is 0 Å². The standard InChI is InChI=1S/C24H33FN2O3S/c1-18-17-30-14-13-27(18)31(28,29)23-8-6-5-7-21(23)19-9-10-20(22(25)15-19)16-26-12-11-24(2,3)4/h5-10,15,18,26H,11-14,16-17H2,1-4H3/t18-/m1/s1. The van der Waals surface area contributed by atoms with Gasteiger partial charge < -0.3 is 10.1 Å². The number of hydrogen-bond acceptors (Lipinski definition) is 4. The van der Waals surface area contributed by atoms with Gasteiger partial charge in [0.05, 0.1) is 18.1 Å². The molecule has 2 aromatic carbocycles. The Balaban J connectivity index is 1.83. The van der Waals surface area contributed by atoms with E-state index in [1.165, 1.54) is 10.4 Å². The second kappa shape index (κ2) is 9.77. The molecule has 1 aliphatic rings. The summed E-state index contributed by atoms with van der Waals surface area (Å²) in [4.78, 5) is 0.194. The van der Waals surface area contributed by atoms with Gasteiger partial charge >= 0.3 is 0 Å². The SMILES string of the molecule is C[C@@H]1COCCN1S(=O)(=O)c1ccccc1-c1ccc(CNCCC(C)(C)C)c(F)c1. The van der Waals surface area contributed by atoms with Gasteiger partial charge in [-0.1, -0.05) is 51.1 Å². The number of hydrogen-bond donors (Lipinski definition) is 1. The van der Waals surface area contributed by atoms with E-state index in [9.17, 15) is 12.8 Å². The van der Waals surface area contributed by atoms with Crippen LogP contribution in [-0.2, 0) is 21.3 Å². The first kappa shape index (κ1) is 23.9. The van der Waals surface area contributed by atoms with Crippen molar-refractivity contribution >= 4 is 10.0 Å². The summed E-state index contributed by atoms with van der Waals surface area (Å²) in [6.07, 6.45) is 0.998. The van der Waals surface area contributed by atoms with E-state index in [0.29, 0.717) is 43.0 Å². The van der Waals surface area contributed by atoms with E-state index in [1.54, 1.807) is 36.4 Å². The Morgan fingerprint density at radius 2 is 1.94 bits per heavy atom. The first-order valence-corrected chi connectivity index (χ1v) is 12.2. The lowest BCUT2D eigenvalue weighted by Crippen LogP contribution is -2.47. The highest BCUT2D eigenvalue weighted by atomic mass is 32.2. The van der Waals surface area contributed by atoms with E-state index in [0.717, 1.165) is 13.0 Å². The highest BCUT2D eigenvalue weighted by Crippen LogP contribution is 2.32. The third kappa shape index (κ3) is 5.92. The van der Waals surface area contributed by atoms with Crippen molar-refractivity contribution in [2.24, 2.45) is 5.41 Å². The molecule has 0 bridgehead atoms. The van der Waals surface area contributed by atoms with Crippen LogP contribution in [0, 0.1) is 11.2 Å². The molecule has 3 rings (SSSR count). The zero-order valence-corrected chi connectivity index (χ0v) is 19.6. The molecule has 1 atom stereocenters. The van der Waals surface area contributed by atoms with Gasteiger partial charge in [-0.05, 0) is 43.0 Å². The van der Waals surface area contributed by atoms with Gasteiger partial charge in [0, 0.05) is 30.3 Å². The van der Waals surface area contributed by atoms with E-state index in [2.05, 4.69) is 26.1 Å². The van der Waals surface area contributed by atoms with Crippen molar-refractivity contribution in [3.63, 3.8) is 0 Å². The van der Waals surface area contributed by atoms with E-state index < -0.39 is 10.0 Å². The monoisotopic (exact) mass is 448 g/mol. The van der Waals surface area contributed by atoms with Crippen LogP contribution < -0.4 is 5.32 Å². The summed E-state index contributed by atoms with van der Waals surface area (Å²) in [5.74, 6) is -0.340. The number of nitrogens with one attached hydrogen (secondary N) is 1. The van der Waals surface area contributed by atoms with Crippen molar-refractivity contribution in [1.82, 2.24) is 9.62 Å². The van der Waals surface area contributed by atoms with Crippen molar-refractivity contribution < 1.29 is 17.5 Å². The molecule has 7 heteroatoms. The molecule has 0 aliphatic carbocycles. The molecule has 0 aromatic heterocycles. The molecular weight excluding hydrogens is 415 g/mol. The predicted molar refractivity (Wildman–Crippen MR) is 122 cm³/mol. The van der Waals surface area contributed by atoms with E-state index >= 15 is 0 Å². The molecule has 1 saturated heterocycles. The first-order valence-electron chi connectivity index (χ1n) is 10.8. The lowest BCUT2D eigenvalue weighted by Gasteiger charge is -2.32. The normalized spacial score (nSPS) is 18.3. The fraction of sp³-hybridized carbons (Fsp3) is 0.500. The summed E-state index contributed by atoms with van der Waals surface area (Å²) in [5.41, 5.74) is 1.85. The molecule has 0 unspecified atom stereocenters. The Morgan fingerprint density at radius 1 is 1.19 bits per heavy atom. The Kier molecular flexibility index (Phi) is 7.52. The molecule has 0 saturated carbocycles. The van der Waals surface area contributed by atoms with Crippen LogP contribution in [0.2, 0.25) is 0 Å². The number of halogens is 1. The van der Waals surface area contributed by atoms with Gasteiger partial charge in [0.2, 0.25) is 10.0 Å². The van der Waals surface area contributed by atoms with Crippen LogP contribution in [-0.4, -0.2) is 45.1 Å². The molecule has 2 aromatic rings. The fourth-order valence-corrected chi connectivity index (χ4v) is 5.49. The molecular formula is C24H33FN2O3S. The number of benzene rings is 2. The summed E-state index contributed by atoms with van der Waals surface area (Å²) in [6, 6.07) is 11.5. The maximum absolute atomic E-state index is 14.8. The molecule has 170 valence electrons. The second-order valence-electron chi connectivity index (χ2n) is 9.33. The smallest absolute Gasteiger partial charge is 0.244 e. The third-order valence-electron chi connectivity index (χ3n) is 5.51. The van der Waals surface area contributed by atoms with Crippen molar-refractivity contribution in [1.29, 1.82) is 0 Å². The minimum atomic E-state index is -3.73. The van der Waals surface area contributed by atoms with Gasteiger partial charge in [0.15, 0.2) is 0 Å². The van der Waals surface area contributed by atoms with Crippen LogP contribution in [0.25, 0.3) is 11.1 Å². The summed E-state index contributed by atoms with van der Waals surface area (Å²) >= 11 is 0. The molecule has 0 spiro atoms. The van der Waals surface area contributed by atoms with Crippen LogP contribution in [0.5, 0.6) is 0 Å². The highest BCUT2D eigenvalue weighted by molar-refractivity contribution is 7.89. The molecule has 0 radical (unpaired) electrons. The largest absolute Gasteiger partial charge is 0.378 e. The van der Waals surface area contributed by atoms with Gasteiger partial charge in [0.1, 0.15) is 5.82 Å². The van der Waals surface area contributed by atoms with Crippen LogP contribution in [0.4, 0.5) is 4.39 Å². The Hall–Kier alpha value is -1.80. The summed E-state index contributed by atoms with van der Waals surface area (Å²) in [6.45, 7) is 10.7. The Bertz CT molecular complexity index is 1000. The quantitative estimate of drug-likeness (QED) is 0.637. The van der Waals surface area contributed by atoms with Crippen molar-refractivity contribution in [3.8, 4) is 11.1 Å². The number of rotatable bonds is 7. The second-order valence-corrected chi connectivity index (χ2v) is 11.2. The minimum absolute atomic E-state index is 0.194. The molecule has 5 nitrogen and oxygen atoms in total. The third-order valence-corrected chi connectivity index (χ3v) is 7.58. The topological polar surface area (TPSA) is 58.6 Å². The molecule has 0 amide bonds. The van der Waals surface area contributed by atoms with Crippen molar-refractivity contribution in [2.75, 3.05) is 26.3 Å². The van der Waals surface area contributed by atoms with Crippen LogP contribution in [0.3, 0.4) is 0 Å². The highest BCUT2D eigenvalue weighted by Gasteiger charge is 2.33. The number of morpholine rings is 1. The summed E-state index contributed by atoms with van der Waals surface area (Å²) < 4.78 is 48.4. The zero-order chi connectivity index (χ0) is 22.6. The van der Waals surface area contributed by atoms with Crippen molar-refractivity contribution in [2.45, 2.75) is 51.6 Å². The lowest BCUT2D eigenvalue weighted by molar-refractivity contribution is 0.0393. The van der Waals surface area contributed by atoms with Crippen LogP contribution in [0.1, 0.15) is 39.7 Å². The molecule has 1 heterocycles. The lowest BCUT2D eigenvalue weighted by atomic mass is 9.92. The molecule has 1 N–H and O–H groups in total. The van der Waals surface area contributed by atoms with E-state index in [1.807, 2.05) is 6.92 Å². The number of sulfonamides is 1. The van der Waals surface area contributed by atoms with E-state index in [-0.39, 0.29) is 22.2 Å². The van der Waals surface area contributed by atoms with Gasteiger partial charge in [-0.2, -0.15) is 4.31 Å². The molecule has 1 aliphatic heterocycles. The Labute approximate surface area is 185 Å². The Morgan fingerprint density at radius 3 is 2.61 bits per heavy atom. The minimum Gasteiger partial charge on any atom is -0.378 e. The van der Waals surface area contributed by atoms with Crippen LogP contribution in [0.15, 0.2) is 47.4 Å². The average molecular weight is 449 g/mol. The summed E-state index contributed by atoms with van der Waals surface area (Å²) in [5, 5.41) is 3.29. The van der Waals surface area contributed by atoms with Gasteiger partial charge in [-0.3, -0.25) is 0 Å². The molecule has 31 heavy (non-hydrogen) atoms. The molecule has 1 fully saturated rings. The zero-order valence-electron chi connectivity index (χ0n) is 18.8.